The van der Waals surface area contributed by atoms with Crippen LogP contribution in [0.25, 0.3) is 16.8 Å². The van der Waals surface area contributed by atoms with Crippen molar-refractivity contribution in [2.75, 3.05) is 20.2 Å². The van der Waals surface area contributed by atoms with Crippen LogP contribution < -0.4 is 4.74 Å². The smallest absolute Gasteiger partial charge is 0.156 e. The molecule has 0 unspecified atom stereocenters. The number of fused-ring (bicyclic) bond motifs is 1. The minimum Gasteiger partial charge on any atom is -0.497 e. The van der Waals surface area contributed by atoms with Crippen LogP contribution in [-0.2, 0) is 6.54 Å². The predicted molar refractivity (Wildman–Crippen MR) is 116 cm³/mol. The summed E-state index contributed by atoms with van der Waals surface area (Å²) in [6, 6.07) is 16.5. The molecule has 4 aromatic rings. The first-order valence-electron chi connectivity index (χ1n) is 10.4. The zero-order chi connectivity index (χ0) is 20.3. The molecule has 4 heterocycles. The van der Waals surface area contributed by atoms with Gasteiger partial charge in [0, 0.05) is 43.2 Å². The number of hydrogen-bond acceptors (Lipinski definition) is 5. The van der Waals surface area contributed by atoms with Crippen molar-refractivity contribution in [1.29, 1.82) is 0 Å². The summed E-state index contributed by atoms with van der Waals surface area (Å²) < 4.78 is 7.17. The third-order valence-electron chi connectivity index (χ3n) is 5.80. The number of likely N-dealkylation sites (tertiary alicyclic amines) is 1. The van der Waals surface area contributed by atoms with Gasteiger partial charge in [-0.3, -0.25) is 9.88 Å². The lowest BCUT2D eigenvalue weighted by atomic mass is 9.97. The predicted octanol–water partition coefficient (Wildman–Crippen LogP) is 4.18. The molecule has 1 aliphatic rings. The van der Waals surface area contributed by atoms with E-state index in [1.165, 1.54) is 12.0 Å². The topological polar surface area (TPSA) is 55.5 Å². The molecule has 0 bridgehead atoms. The van der Waals surface area contributed by atoms with E-state index in [9.17, 15) is 0 Å². The third-order valence-corrected chi connectivity index (χ3v) is 5.80. The van der Waals surface area contributed by atoms with E-state index in [1.54, 1.807) is 7.11 Å². The zero-order valence-electron chi connectivity index (χ0n) is 17.1. The molecule has 1 saturated heterocycles. The maximum absolute atomic E-state index is 5.26. The van der Waals surface area contributed by atoms with Crippen molar-refractivity contribution in [1.82, 2.24) is 24.5 Å². The van der Waals surface area contributed by atoms with Gasteiger partial charge in [-0.1, -0.05) is 12.1 Å². The van der Waals surface area contributed by atoms with Crippen LogP contribution in [0.4, 0.5) is 0 Å². The van der Waals surface area contributed by atoms with Crippen LogP contribution in [0.15, 0.2) is 67.1 Å². The van der Waals surface area contributed by atoms with E-state index < -0.39 is 0 Å². The van der Waals surface area contributed by atoms with Crippen molar-refractivity contribution in [3.8, 4) is 16.9 Å². The Kier molecular flexibility index (Phi) is 5.15. The molecule has 6 nitrogen and oxygen atoms in total. The van der Waals surface area contributed by atoms with Crippen molar-refractivity contribution >= 4 is 5.65 Å². The Hall–Kier alpha value is -3.25. The summed E-state index contributed by atoms with van der Waals surface area (Å²) in [4.78, 5) is 11.4. The summed E-state index contributed by atoms with van der Waals surface area (Å²) in [5.74, 6) is 2.21. The summed E-state index contributed by atoms with van der Waals surface area (Å²) in [7, 11) is 1.70. The van der Waals surface area contributed by atoms with E-state index in [-0.39, 0.29) is 0 Å². The van der Waals surface area contributed by atoms with E-state index in [2.05, 4.69) is 34.3 Å². The summed E-state index contributed by atoms with van der Waals surface area (Å²) in [5.41, 5.74) is 4.45. The number of pyridine rings is 2. The molecule has 30 heavy (non-hydrogen) atoms. The van der Waals surface area contributed by atoms with E-state index in [0.29, 0.717) is 5.92 Å². The van der Waals surface area contributed by atoms with Crippen LogP contribution >= 0.6 is 0 Å². The van der Waals surface area contributed by atoms with Gasteiger partial charge in [-0.25, -0.2) is 9.50 Å². The summed E-state index contributed by atoms with van der Waals surface area (Å²) in [6.07, 6.45) is 7.97. The second kappa shape index (κ2) is 8.24. The van der Waals surface area contributed by atoms with Gasteiger partial charge in [-0.2, -0.15) is 5.10 Å². The van der Waals surface area contributed by atoms with Gasteiger partial charge in [0.25, 0.3) is 0 Å². The molecular weight excluding hydrogens is 374 g/mol. The number of rotatable bonds is 5. The fourth-order valence-corrected chi connectivity index (χ4v) is 4.19. The van der Waals surface area contributed by atoms with Gasteiger partial charge >= 0.3 is 0 Å². The van der Waals surface area contributed by atoms with Crippen molar-refractivity contribution in [3.63, 3.8) is 0 Å². The lowest BCUT2D eigenvalue weighted by Crippen LogP contribution is -2.34. The highest BCUT2D eigenvalue weighted by molar-refractivity contribution is 5.63. The first-order valence-corrected chi connectivity index (χ1v) is 10.4. The number of piperidine rings is 1. The molecule has 0 radical (unpaired) electrons. The Morgan fingerprint density at radius 1 is 1.00 bits per heavy atom. The van der Waals surface area contributed by atoms with Gasteiger partial charge in [0.15, 0.2) is 11.5 Å². The Labute approximate surface area is 176 Å². The van der Waals surface area contributed by atoms with E-state index in [1.807, 2.05) is 47.2 Å². The molecule has 0 amide bonds. The van der Waals surface area contributed by atoms with Gasteiger partial charge in [0.2, 0.25) is 0 Å². The molecule has 152 valence electrons. The number of methoxy groups -OCH3 is 1. The molecule has 1 fully saturated rings. The molecule has 0 N–H and O–H groups in total. The Bertz CT molecular complexity index is 1120. The minimum absolute atomic E-state index is 0.362. The number of hydrogen-bond donors (Lipinski definition) is 0. The highest BCUT2D eigenvalue weighted by Gasteiger charge is 2.25. The van der Waals surface area contributed by atoms with Crippen molar-refractivity contribution in [3.05, 3.63) is 78.5 Å². The molecule has 1 aromatic carbocycles. The SMILES string of the molecule is COc1ccc(CN2CCC[C@@H](c3nc4ccc(-c5ccncc5)cn4n3)C2)cc1. The Morgan fingerprint density at radius 3 is 2.63 bits per heavy atom. The van der Waals surface area contributed by atoms with Crippen LogP contribution in [-0.4, -0.2) is 44.7 Å². The highest BCUT2D eigenvalue weighted by atomic mass is 16.5. The first-order chi connectivity index (χ1) is 14.8. The van der Waals surface area contributed by atoms with Gasteiger partial charge in [-0.05, 0) is 66.9 Å². The zero-order valence-corrected chi connectivity index (χ0v) is 17.1. The minimum atomic E-state index is 0.362. The Balaban J connectivity index is 1.32. The fourth-order valence-electron chi connectivity index (χ4n) is 4.19. The monoisotopic (exact) mass is 399 g/mol. The molecule has 3 aromatic heterocycles. The second-order valence-electron chi connectivity index (χ2n) is 7.85. The van der Waals surface area contributed by atoms with Gasteiger partial charge in [-0.15, -0.1) is 0 Å². The van der Waals surface area contributed by atoms with E-state index >= 15 is 0 Å². The highest BCUT2D eigenvalue weighted by Crippen LogP contribution is 2.27. The van der Waals surface area contributed by atoms with Crippen LogP contribution in [0.3, 0.4) is 0 Å². The molecule has 0 aliphatic carbocycles. The Morgan fingerprint density at radius 2 is 1.83 bits per heavy atom. The summed E-state index contributed by atoms with van der Waals surface area (Å²) in [6.45, 7) is 3.04. The number of aromatic nitrogens is 4. The van der Waals surface area contributed by atoms with Crippen molar-refractivity contribution in [2.24, 2.45) is 0 Å². The molecule has 0 spiro atoms. The molecule has 1 aliphatic heterocycles. The van der Waals surface area contributed by atoms with Crippen LogP contribution in [0.1, 0.15) is 30.1 Å². The van der Waals surface area contributed by atoms with Crippen molar-refractivity contribution in [2.45, 2.75) is 25.3 Å². The quantitative estimate of drug-likeness (QED) is 0.504. The first kappa shape index (κ1) is 18.8. The van der Waals surface area contributed by atoms with Gasteiger partial charge in [0.1, 0.15) is 5.75 Å². The van der Waals surface area contributed by atoms with Crippen LogP contribution in [0, 0.1) is 0 Å². The molecule has 5 rings (SSSR count). The van der Waals surface area contributed by atoms with E-state index in [4.69, 9.17) is 14.8 Å². The molecule has 0 saturated carbocycles. The standard InChI is InChI=1S/C24H25N5O/c1-30-22-7-4-18(5-8-22)15-28-14-2-3-21(16-28)24-26-23-9-6-20(17-29(23)27-24)19-10-12-25-13-11-19/h4-13,17,21H,2-3,14-16H2,1H3/t21-/m1/s1. The maximum Gasteiger partial charge on any atom is 0.156 e. The average molecular weight is 399 g/mol. The normalized spacial score (nSPS) is 17.3. The molecular formula is C24H25N5O. The lowest BCUT2D eigenvalue weighted by Gasteiger charge is -2.31. The largest absolute Gasteiger partial charge is 0.497 e. The molecule has 1 atom stereocenters. The van der Waals surface area contributed by atoms with Gasteiger partial charge in [0.05, 0.1) is 7.11 Å². The maximum atomic E-state index is 5.26. The fraction of sp³-hybridized carbons (Fsp3) is 0.292. The van der Waals surface area contributed by atoms with Crippen LogP contribution in [0.5, 0.6) is 5.75 Å². The average Bonchev–Trinajstić information content (AvgIpc) is 3.24. The summed E-state index contributed by atoms with van der Waals surface area (Å²) in [5, 5.41) is 4.83. The number of benzene rings is 1. The summed E-state index contributed by atoms with van der Waals surface area (Å²) >= 11 is 0. The van der Waals surface area contributed by atoms with Gasteiger partial charge < -0.3 is 4.74 Å². The van der Waals surface area contributed by atoms with E-state index in [0.717, 1.165) is 54.4 Å². The van der Waals surface area contributed by atoms with Crippen molar-refractivity contribution < 1.29 is 4.74 Å². The third kappa shape index (κ3) is 3.91. The lowest BCUT2D eigenvalue weighted by molar-refractivity contribution is 0.196. The number of ether oxygens (including phenoxy) is 1. The number of nitrogens with zero attached hydrogens (tertiary/aromatic N) is 5. The van der Waals surface area contributed by atoms with Crippen LogP contribution in [0.2, 0.25) is 0 Å². The second-order valence-corrected chi connectivity index (χ2v) is 7.85. The molecule has 6 heteroatoms.